The van der Waals surface area contributed by atoms with Crippen LogP contribution < -0.4 is 0 Å². The lowest BCUT2D eigenvalue weighted by molar-refractivity contribution is -0.0758. The topological polar surface area (TPSA) is 32.7 Å². The van der Waals surface area contributed by atoms with Gasteiger partial charge in [-0.1, -0.05) is 0 Å². The van der Waals surface area contributed by atoms with Gasteiger partial charge in [-0.3, -0.25) is 4.90 Å². The van der Waals surface area contributed by atoms with Crippen LogP contribution in [0.4, 0.5) is 0 Å². The van der Waals surface area contributed by atoms with Crippen LogP contribution in [-0.4, -0.2) is 47.4 Å². The molecule has 4 fully saturated rings. The maximum Gasteiger partial charge on any atom is 0.101 e. The number of likely N-dealkylation sites (N-methyl/N-ethyl adjacent to an activating group) is 1. The molecule has 4 aliphatic rings. The molecule has 4 aliphatic heterocycles. The number of nitrogens with zero attached hydrogens (tertiary/aromatic N) is 1. The van der Waals surface area contributed by atoms with Crippen LogP contribution in [0.5, 0.6) is 0 Å². The SMILES string of the molecule is CN1[C@@H]2CC3C[C@@H]1[C@H](O3)[C@H]2O. The molecule has 4 saturated heterocycles. The molecule has 3 heteroatoms. The molecule has 0 aromatic rings. The third-order valence-electron chi connectivity index (χ3n) is 3.51. The van der Waals surface area contributed by atoms with Crippen molar-refractivity contribution in [1.82, 2.24) is 4.90 Å². The van der Waals surface area contributed by atoms with E-state index in [9.17, 15) is 5.11 Å². The summed E-state index contributed by atoms with van der Waals surface area (Å²) in [4.78, 5) is 2.29. The molecule has 3 nitrogen and oxygen atoms in total. The molecule has 1 N–H and O–H groups in total. The standard InChI is InChI=1S/C8H13NO2/c1-9-5-2-4-3-6(9)8(11-4)7(5)10/h4-8,10H,2-3H2,1H3/t4?,5-,6-,7+,8+/m1/s1. The Bertz CT molecular complexity index is 175. The second-order valence-electron chi connectivity index (χ2n) is 3.98. The molecule has 62 valence electrons. The van der Waals surface area contributed by atoms with Crippen LogP contribution in [-0.2, 0) is 4.74 Å². The monoisotopic (exact) mass is 155 g/mol. The van der Waals surface area contributed by atoms with Crippen molar-refractivity contribution in [2.45, 2.75) is 43.2 Å². The molecule has 0 radical (unpaired) electrons. The number of rotatable bonds is 0. The first-order chi connectivity index (χ1) is 5.27. The third-order valence-corrected chi connectivity index (χ3v) is 3.51. The molecule has 4 rings (SSSR count). The molecule has 4 bridgehead atoms. The highest BCUT2D eigenvalue weighted by Gasteiger charge is 2.57. The quantitative estimate of drug-likeness (QED) is 0.516. The minimum atomic E-state index is -0.219. The molecule has 0 saturated carbocycles. The molecule has 0 spiro atoms. The van der Waals surface area contributed by atoms with Crippen molar-refractivity contribution < 1.29 is 9.84 Å². The number of aliphatic hydroxyl groups is 1. The Balaban J connectivity index is 2.00. The second kappa shape index (κ2) is 1.79. The summed E-state index contributed by atoms with van der Waals surface area (Å²) in [5.41, 5.74) is 0. The van der Waals surface area contributed by atoms with E-state index in [1.165, 1.54) is 0 Å². The zero-order chi connectivity index (χ0) is 7.59. The van der Waals surface area contributed by atoms with E-state index in [0.717, 1.165) is 12.8 Å². The molecule has 4 heterocycles. The van der Waals surface area contributed by atoms with Crippen LogP contribution in [0, 0.1) is 0 Å². The van der Waals surface area contributed by atoms with E-state index in [1.807, 2.05) is 0 Å². The molecular formula is C8H13NO2. The Labute approximate surface area is 65.9 Å². The summed E-state index contributed by atoms with van der Waals surface area (Å²) < 4.78 is 5.64. The molecule has 1 unspecified atom stereocenters. The fourth-order valence-corrected chi connectivity index (χ4v) is 2.91. The number of aliphatic hydroxyl groups excluding tert-OH is 1. The fourth-order valence-electron chi connectivity index (χ4n) is 2.91. The summed E-state index contributed by atoms with van der Waals surface area (Å²) >= 11 is 0. The van der Waals surface area contributed by atoms with Gasteiger partial charge in [-0.05, 0) is 19.9 Å². The summed E-state index contributed by atoms with van der Waals surface area (Å²) in [7, 11) is 2.10. The van der Waals surface area contributed by atoms with E-state index < -0.39 is 0 Å². The Kier molecular flexibility index (Phi) is 1.04. The molecule has 0 aliphatic carbocycles. The maximum absolute atomic E-state index is 9.71. The summed E-state index contributed by atoms with van der Waals surface area (Å²) in [6, 6.07) is 0.895. The van der Waals surface area contributed by atoms with Gasteiger partial charge in [0.05, 0.1) is 12.2 Å². The smallest absolute Gasteiger partial charge is 0.101 e. The van der Waals surface area contributed by atoms with Crippen molar-refractivity contribution >= 4 is 0 Å². The van der Waals surface area contributed by atoms with Crippen molar-refractivity contribution in [3.05, 3.63) is 0 Å². The summed E-state index contributed by atoms with van der Waals surface area (Å²) in [6.07, 6.45) is 2.53. The molecule has 0 amide bonds. The van der Waals surface area contributed by atoms with Gasteiger partial charge in [0.1, 0.15) is 6.10 Å². The van der Waals surface area contributed by atoms with Crippen molar-refractivity contribution in [2.75, 3.05) is 7.05 Å². The summed E-state index contributed by atoms with van der Waals surface area (Å²) in [6.45, 7) is 0. The van der Waals surface area contributed by atoms with Crippen molar-refractivity contribution in [1.29, 1.82) is 0 Å². The number of ether oxygens (including phenoxy) is 1. The van der Waals surface area contributed by atoms with Crippen molar-refractivity contribution in [3.63, 3.8) is 0 Å². The predicted molar refractivity (Wildman–Crippen MR) is 39.2 cm³/mol. The van der Waals surface area contributed by atoms with E-state index in [2.05, 4.69) is 11.9 Å². The normalized spacial score (nSPS) is 61.1. The van der Waals surface area contributed by atoms with Crippen molar-refractivity contribution in [2.24, 2.45) is 0 Å². The lowest BCUT2D eigenvalue weighted by Gasteiger charge is -2.33. The largest absolute Gasteiger partial charge is 0.389 e. The van der Waals surface area contributed by atoms with Crippen LogP contribution in [0.3, 0.4) is 0 Å². The second-order valence-corrected chi connectivity index (χ2v) is 3.98. The Morgan fingerprint density at radius 1 is 1.36 bits per heavy atom. The molecule has 0 aromatic heterocycles. The number of piperidine rings is 1. The van der Waals surface area contributed by atoms with Gasteiger partial charge < -0.3 is 9.84 Å². The number of hydrogen-bond acceptors (Lipinski definition) is 3. The van der Waals surface area contributed by atoms with E-state index >= 15 is 0 Å². The van der Waals surface area contributed by atoms with Gasteiger partial charge in [-0.25, -0.2) is 0 Å². The van der Waals surface area contributed by atoms with Gasteiger partial charge in [0.25, 0.3) is 0 Å². The maximum atomic E-state index is 9.71. The lowest BCUT2D eigenvalue weighted by atomic mass is 10.0. The van der Waals surface area contributed by atoms with Gasteiger partial charge in [0.15, 0.2) is 0 Å². The molecule has 0 aromatic carbocycles. The zero-order valence-corrected chi connectivity index (χ0v) is 6.60. The first-order valence-electron chi connectivity index (χ1n) is 4.33. The Hall–Kier alpha value is -0.120. The average molecular weight is 155 g/mol. The third kappa shape index (κ3) is 0.604. The number of hydrogen-bond donors (Lipinski definition) is 1. The minimum Gasteiger partial charge on any atom is -0.389 e. The highest BCUT2D eigenvalue weighted by molar-refractivity contribution is 5.10. The van der Waals surface area contributed by atoms with Crippen LogP contribution in [0.15, 0.2) is 0 Å². The van der Waals surface area contributed by atoms with Crippen molar-refractivity contribution in [3.8, 4) is 0 Å². The van der Waals surface area contributed by atoms with E-state index in [-0.39, 0.29) is 12.2 Å². The first-order valence-corrected chi connectivity index (χ1v) is 4.33. The van der Waals surface area contributed by atoms with Crippen LogP contribution in [0.25, 0.3) is 0 Å². The molecule has 11 heavy (non-hydrogen) atoms. The predicted octanol–water partition coefficient (Wildman–Crippen LogP) is -0.409. The van der Waals surface area contributed by atoms with Crippen LogP contribution in [0.2, 0.25) is 0 Å². The Morgan fingerprint density at radius 3 is 2.73 bits per heavy atom. The van der Waals surface area contributed by atoms with E-state index in [4.69, 9.17) is 4.74 Å². The summed E-state index contributed by atoms with van der Waals surface area (Å²) in [5.74, 6) is 0. The molecule has 5 atom stereocenters. The minimum absolute atomic E-state index is 0.128. The van der Waals surface area contributed by atoms with E-state index in [0.29, 0.717) is 18.2 Å². The van der Waals surface area contributed by atoms with Gasteiger partial charge >= 0.3 is 0 Å². The fraction of sp³-hybridized carbons (Fsp3) is 1.00. The lowest BCUT2D eigenvalue weighted by Crippen LogP contribution is -2.44. The highest BCUT2D eigenvalue weighted by atomic mass is 16.5. The first kappa shape index (κ1) is 6.40. The van der Waals surface area contributed by atoms with Gasteiger partial charge in [0.2, 0.25) is 0 Å². The molecular weight excluding hydrogens is 142 g/mol. The highest BCUT2D eigenvalue weighted by Crippen LogP contribution is 2.44. The van der Waals surface area contributed by atoms with E-state index in [1.54, 1.807) is 0 Å². The van der Waals surface area contributed by atoms with Crippen LogP contribution >= 0.6 is 0 Å². The zero-order valence-electron chi connectivity index (χ0n) is 6.60. The van der Waals surface area contributed by atoms with Crippen LogP contribution in [0.1, 0.15) is 12.8 Å². The van der Waals surface area contributed by atoms with Gasteiger partial charge in [-0.15, -0.1) is 0 Å². The van der Waals surface area contributed by atoms with Gasteiger partial charge in [-0.2, -0.15) is 0 Å². The summed E-state index contributed by atoms with van der Waals surface area (Å²) in [5, 5.41) is 9.71. The average Bonchev–Trinajstić information content (AvgIpc) is 2.39. The van der Waals surface area contributed by atoms with Gasteiger partial charge in [0, 0.05) is 12.1 Å². The Morgan fingerprint density at radius 2 is 2.09 bits per heavy atom.